The summed E-state index contributed by atoms with van der Waals surface area (Å²) in [4.78, 5) is 24.3. The molecule has 1 aromatic rings. The van der Waals surface area contributed by atoms with Gasteiger partial charge in [-0.2, -0.15) is 0 Å². The van der Waals surface area contributed by atoms with E-state index in [9.17, 15) is 9.59 Å². The molecule has 1 aromatic carbocycles. The summed E-state index contributed by atoms with van der Waals surface area (Å²) in [7, 11) is 0. The van der Waals surface area contributed by atoms with Crippen LogP contribution in [-0.4, -0.2) is 40.6 Å². The number of amides is 1. The third kappa shape index (κ3) is 1.63. The van der Waals surface area contributed by atoms with Crippen molar-refractivity contribution < 1.29 is 19.4 Å². The fourth-order valence-corrected chi connectivity index (χ4v) is 2.68. The quantitative estimate of drug-likeness (QED) is 0.758. The van der Waals surface area contributed by atoms with Gasteiger partial charge in [0.05, 0.1) is 18.5 Å². The first-order valence-corrected chi connectivity index (χ1v) is 5.89. The molecule has 5 heteroatoms. The van der Waals surface area contributed by atoms with Crippen LogP contribution in [0.3, 0.4) is 0 Å². The second kappa shape index (κ2) is 3.73. The van der Waals surface area contributed by atoms with Crippen LogP contribution in [0.5, 0.6) is 5.75 Å². The topological polar surface area (TPSA) is 66.8 Å². The zero-order chi connectivity index (χ0) is 12.8. The van der Waals surface area contributed by atoms with Crippen LogP contribution >= 0.6 is 0 Å². The predicted molar refractivity (Wildman–Crippen MR) is 63.0 cm³/mol. The highest BCUT2D eigenvalue weighted by Gasteiger charge is 2.46. The highest BCUT2D eigenvalue weighted by molar-refractivity contribution is 6.00. The van der Waals surface area contributed by atoms with Crippen LogP contribution in [0.4, 0.5) is 4.79 Å². The molecule has 0 radical (unpaired) electrons. The highest BCUT2D eigenvalue weighted by atomic mass is 16.5. The number of hydrogen-bond acceptors (Lipinski definition) is 3. The first-order chi connectivity index (χ1) is 8.60. The molecule has 0 saturated carbocycles. The molecular formula is C13H13NO4. The van der Waals surface area contributed by atoms with Gasteiger partial charge in [0.2, 0.25) is 0 Å². The maximum absolute atomic E-state index is 12.1. The van der Waals surface area contributed by atoms with Crippen LogP contribution in [0.25, 0.3) is 0 Å². The van der Waals surface area contributed by atoms with Gasteiger partial charge in [-0.15, -0.1) is 0 Å². The summed E-state index contributed by atoms with van der Waals surface area (Å²) in [6.07, 6.45) is -0.130. The fourth-order valence-electron chi connectivity index (χ4n) is 2.68. The molecule has 1 saturated heterocycles. The molecule has 3 rings (SSSR count). The Morgan fingerprint density at radius 2 is 2.17 bits per heavy atom. The molecule has 1 amide bonds. The van der Waals surface area contributed by atoms with Gasteiger partial charge in [-0.1, -0.05) is 12.1 Å². The van der Waals surface area contributed by atoms with Crippen molar-refractivity contribution in [3.63, 3.8) is 0 Å². The number of likely N-dealkylation sites (tertiary alicyclic amines) is 1. The predicted octanol–water partition coefficient (Wildman–Crippen LogP) is 1.77. The van der Waals surface area contributed by atoms with Gasteiger partial charge in [-0.25, -0.2) is 4.79 Å². The van der Waals surface area contributed by atoms with Crippen molar-refractivity contribution in [3.05, 3.63) is 29.8 Å². The normalized spacial score (nSPS) is 26.0. The van der Waals surface area contributed by atoms with E-state index in [1.165, 1.54) is 4.90 Å². The number of carboxylic acid groups (broad SMARTS) is 1. The zero-order valence-corrected chi connectivity index (χ0v) is 9.76. The van der Waals surface area contributed by atoms with E-state index in [1.807, 2.05) is 6.07 Å². The molecule has 1 spiro atoms. The minimum absolute atomic E-state index is 0.0316. The second-order valence-corrected chi connectivity index (χ2v) is 4.84. The van der Waals surface area contributed by atoms with Gasteiger partial charge in [-0.05, 0) is 12.1 Å². The Morgan fingerprint density at radius 3 is 2.89 bits per heavy atom. The first kappa shape index (κ1) is 11.1. The van der Waals surface area contributed by atoms with Gasteiger partial charge >= 0.3 is 6.09 Å². The third-order valence-corrected chi connectivity index (χ3v) is 3.58. The van der Waals surface area contributed by atoms with Gasteiger partial charge in [0.25, 0.3) is 0 Å². The SMILES string of the molecule is O=C1CC2(CCN(C(=O)O)C2)Oc2ccccc21. The molecule has 18 heavy (non-hydrogen) atoms. The number of rotatable bonds is 0. The number of benzene rings is 1. The molecule has 0 aliphatic carbocycles. The summed E-state index contributed by atoms with van der Waals surface area (Å²) in [5, 5.41) is 8.97. The number of para-hydroxylation sites is 1. The monoisotopic (exact) mass is 247 g/mol. The van der Waals surface area contributed by atoms with Gasteiger partial charge in [0.15, 0.2) is 5.78 Å². The van der Waals surface area contributed by atoms with Crippen LogP contribution < -0.4 is 4.74 Å². The molecule has 2 aliphatic rings. The first-order valence-electron chi connectivity index (χ1n) is 5.89. The Balaban J connectivity index is 1.91. The number of carbonyl (C=O) groups is 2. The lowest BCUT2D eigenvalue weighted by atomic mass is 9.89. The van der Waals surface area contributed by atoms with Crippen molar-refractivity contribution in [2.24, 2.45) is 0 Å². The minimum Gasteiger partial charge on any atom is -0.484 e. The number of ether oxygens (including phenoxy) is 1. The van der Waals surface area contributed by atoms with Crippen molar-refractivity contribution >= 4 is 11.9 Å². The van der Waals surface area contributed by atoms with Gasteiger partial charge in [-0.3, -0.25) is 4.79 Å². The van der Waals surface area contributed by atoms with Crippen molar-refractivity contribution in [1.82, 2.24) is 4.90 Å². The molecule has 2 heterocycles. The van der Waals surface area contributed by atoms with E-state index in [2.05, 4.69) is 0 Å². The number of hydrogen-bond donors (Lipinski definition) is 1. The van der Waals surface area contributed by atoms with Crippen molar-refractivity contribution in [2.75, 3.05) is 13.1 Å². The summed E-state index contributed by atoms with van der Waals surface area (Å²) < 4.78 is 5.91. The Bertz CT molecular complexity index is 527. The molecule has 1 N–H and O–H groups in total. The smallest absolute Gasteiger partial charge is 0.407 e. The number of Topliss-reactive ketones (excluding diaryl/α,β-unsaturated/α-hetero) is 1. The maximum Gasteiger partial charge on any atom is 0.407 e. The van der Waals surface area contributed by atoms with E-state index >= 15 is 0 Å². The number of ketones is 1. The molecule has 1 atom stereocenters. The fraction of sp³-hybridized carbons (Fsp3) is 0.385. The van der Waals surface area contributed by atoms with E-state index in [1.54, 1.807) is 18.2 Å². The standard InChI is InChI=1S/C13H13NO4/c15-10-7-13(5-6-14(8-13)12(16)17)18-11-4-2-1-3-9(10)11/h1-4H,5-8H2,(H,16,17). The molecule has 2 aliphatic heterocycles. The third-order valence-electron chi connectivity index (χ3n) is 3.58. The average Bonchev–Trinajstić information content (AvgIpc) is 2.73. The van der Waals surface area contributed by atoms with E-state index in [0.29, 0.717) is 24.3 Å². The van der Waals surface area contributed by atoms with Crippen LogP contribution in [-0.2, 0) is 0 Å². The molecule has 1 unspecified atom stereocenters. The largest absolute Gasteiger partial charge is 0.484 e. The molecule has 94 valence electrons. The van der Waals surface area contributed by atoms with Crippen LogP contribution in [0.1, 0.15) is 23.2 Å². The Hall–Kier alpha value is -2.04. The lowest BCUT2D eigenvalue weighted by Crippen LogP contribution is -2.45. The molecule has 0 aromatic heterocycles. The number of fused-ring (bicyclic) bond motifs is 1. The van der Waals surface area contributed by atoms with Crippen molar-refractivity contribution in [3.8, 4) is 5.75 Å². The lowest BCUT2D eigenvalue weighted by Gasteiger charge is -2.34. The summed E-state index contributed by atoms with van der Waals surface area (Å²) in [6, 6.07) is 7.12. The summed E-state index contributed by atoms with van der Waals surface area (Å²) >= 11 is 0. The Labute approximate surface area is 104 Å². The van der Waals surface area contributed by atoms with Crippen LogP contribution in [0.2, 0.25) is 0 Å². The van der Waals surface area contributed by atoms with E-state index in [0.717, 1.165) is 0 Å². The van der Waals surface area contributed by atoms with Crippen LogP contribution in [0, 0.1) is 0 Å². The number of nitrogens with zero attached hydrogens (tertiary/aromatic N) is 1. The highest BCUT2D eigenvalue weighted by Crippen LogP contribution is 2.38. The van der Waals surface area contributed by atoms with Gasteiger partial charge in [0, 0.05) is 13.0 Å². The lowest BCUT2D eigenvalue weighted by molar-refractivity contribution is 0.0457. The van der Waals surface area contributed by atoms with Crippen molar-refractivity contribution in [2.45, 2.75) is 18.4 Å². The van der Waals surface area contributed by atoms with Crippen LogP contribution in [0.15, 0.2) is 24.3 Å². The average molecular weight is 247 g/mol. The zero-order valence-electron chi connectivity index (χ0n) is 9.76. The summed E-state index contributed by atoms with van der Waals surface area (Å²) in [5.41, 5.74) is -0.0685. The van der Waals surface area contributed by atoms with E-state index < -0.39 is 11.7 Å². The molecule has 0 bridgehead atoms. The molecule has 1 fully saturated rings. The van der Waals surface area contributed by atoms with E-state index in [-0.39, 0.29) is 18.7 Å². The number of carbonyl (C=O) groups excluding carboxylic acids is 1. The Morgan fingerprint density at radius 1 is 1.39 bits per heavy atom. The maximum atomic E-state index is 12.1. The second-order valence-electron chi connectivity index (χ2n) is 4.84. The molecular weight excluding hydrogens is 234 g/mol. The minimum atomic E-state index is -0.957. The summed E-state index contributed by atoms with van der Waals surface area (Å²) in [5.74, 6) is 0.602. The molecule has 5 nitrogen and oxygen atoms in total. The summed E-state index contributed by atoms with van der Waals surface area (Å²) in [6.45, 7) is 0.688. The van der Waals surface area contributed by atoms with Crippen molar-refractivity contribution in [1.29, 1.82) is 0 Å². The van der Waals surface area contributed by atoms with Gasteiger partial charge < -0.3 is 14.7 Å². The van der Waals surface area contributed by atoms with Gasteiger partial charge in [0.1, 0.15) is 11.4 Å². The van der Waals surface area contributed by atoms with E-state index in [4.69, 9.17) is 9.84 Å². The Kier molecular flexibility index (Phi) is 2.29.